The van der Waals surface area contributed by atoms with Crippen LogP contribution in [0.5, 0.6) is 0 Å². The Kier molecular flexibility index (Phi) is 2.79. The lowest BCUT2D eigenvalue weighted by molar-refractivity contribution is -0.117. The first-order valence-electron chi connectivity index (χ1n) is 4.86. The van der Waals surface area contributed by atoms with Crippen molar-refractivity contribution in [3.8, 4) is 0 Å². The molecule has 0 bridgehead atoms. The van der Waals surface area contributed by atoms with Gasteiger partial charge in [0.2, 0.25) is 0 Å². The molecule has 0 aromatic carbocycles. The Balaban J connectivity index is 1.87. The van der Waals surface area contributed by atoms with Crippen LogP contribution in [-0.4, -0.2) is 45.5 Å². The van der Waals surface area contributed by atoms with Crippen molar-refractivity contribution in [1.29, 1.82) is 0 Å². The first kappa shape index (κ1) is 9.34. The molecule has 1 unspecified atom stereocenters. The van der Waals surface area contributed by atoms with Crippen LogP contribution < -0.4 is 0 Å². The van der Waals surface area contributed by atoms with E-state index in [9.17, 15) is 9.00 Å². The number of carbonyl (C=O) groups is 1. The first-order valence-corrected chi connectivity index (χ1v) is 6.35. The quantitative estimate of drug-likeness (QED) is 0.607. The molecule has 1 aliphatic carbocycles. The van der Waals surface area contributed by atoms with Gasteiger partial charge in [-0.2, -0.15) is 0 Å². The number of ketones is 1. The summed E-state index contributed by atoms with van der Waals surface area (Å²) in [7, 11) is -0.596. The van der Waals surface area contributed by atoms with Crippen LogP contribution in [0.2, 0.25) is 0 Å². The molecule has 2 fully saturated rings. The minimum absolute atomic E-state index is 0.400. The average molecular weight is 201 g/mol. The lowest BCUT2D eigenvalue weighted by atomic mass is 10.2. The molecule has 2 aliphatic rings. The molecule has 0 N–H and O–H groups in total. The van der Waals surface area contributed by atoms with E-state index in [4.69, 9.17) is 0 Å². The van der Waals surface area contributed by atoms with Gasteiger partial charge >= 0.3 is 0 Å². The van der Waals surface area contributed by atoms with Gasteiger partial charge in [0.05, 0.1) is 0 Å². The maximum atomic E-state index is 11.1. The fraction of sp³-hybridized carbons (Fsp3) is 0.889. The van der Waals surface area contributed by atoms with Crippen molar-refractivity contribution in [3.63, 3.8) is 0 Å². The van der Waals surface area contributed by atoms with E-state index in [2.05, 4.69) is 4.90 Å². The minimum atomic E-state index is -0.596. The predicted octanol–water partition coefficient (Wildman–Crippen LogP) is 0.172. The van der Waals surface area contributed by atoms with Crippen molar-refractivity contribution in [2.24, 2.45) is 0 Å². The molecule has 2 rings (SSSR count). The van der Waals surface area contributed by atoms with Crippen LogP contribution in [0.4, 0.5) is 0 Å². The average Bonchev–Trinajstić information content (AvgIpc) is 2.53. The van der Waals surface area contributed by atoms with Crippen molar-refractivity contribution in [1.82, 2.24) is 4.90 Å². The molecule has 0 aromatic heterocycles. The number of Topliss-reactive ketones (excluding diaryl/α,β-unsaturated/α-hetero) is 1. The van der Waals surface area contributed by atoms with Gasteiger partial charge in [0.15, 0.2) is 0 Å². The Morgan fingerprint density at radius 3 is 2.54 bits per heavy atom. The summed E-state index contributed by atoms with van der Waals surface area (Å²) in [6.45, 7) is 1.84. The molecule has 1 saturated carbocycles. The second kappa shape index (κ2) is 3.88. The fourth-order valence-electron chi connectivity index (χ4n) is 2.12. The second-order valence-electron chi connectivity index (χ2n) is 3.82. The van der Waals surface area contributed by atoms with Crippen molar-refractivity contribution in [2.75, 3.05) is 24.6 Å². The molecule has 0 aromatic rings. The Labute approximate surface area is 80.9 Å². The topological polar surface area (TPSA) is 37.4 Å². The molecule has 0 spiro atoms. The van der Waals surface area contributed by atoms with E-state index in [-0.39, 0.29) is 0 Å². The first-order chi connectivity index (χ1) is 6.25. The molecule has 13 heavy (non-hydrogen) atoms. The SMILES string of the molecule is O=C1CCC(N2CCS(=O)CC2)C1. The van der Waals surface area contributed by atoms with Crippen LogP contribution in [0, 0.1) is 0 Å². The summed E-state index contributed by atoms with van der Waals surface area (Å²) in [5.74, 6) is 1.99. The number of hydrogen-bond donors (Lipinski definition) is 0. The van der Waals surface area contributed by atoms with Gasteiger partial charge in [-0.15, -0.1) is 0 Å². The highest BCUT2D eigenvalue weighted by Crippen LogP contribution is 2.21. The highest BCUT2D eigenvalue weighted by atomic mass is 32.2. The summed E-state index contributed by atoms with van der Waals surface area (Å²) in [6.07, 6.45) is 2.50. The normalized spacial score (nSPS) is 32.6. The van der Waals surface area contributed by atoms with Crippen molar-refractivity contribution in [3.05, 3.63) is 0 Å². The Bertz CT molecular complexity index is 232. The smallest absolute Gasteiger partial charge is 0.134 e. The van der Waals surface area contributed by atoms with Crippen molar-refractivity contribution < 1.29 is 9.00 Å². The number of nitrogens with zero attached hydrogens (tertiary/aromatic N) is 1. The van der Waals surface area contributed by atoms with E-state index >= 15 is 0 Å². The number of rotatable bonds is 1. The Morgan fingerprint density at radius 2 is 2.00 bits per heavy atom. The Morgan fingerprint density at radius 1 is 1.31 bits per heavy atom. The molecule has 0 amide bonds. The van der Waals surface area contributed by atoms with Gasteiger partial charge in [-0.3, -0.25) is 13.9 Å². The van der Waals surface area contributed by atoms with Gasteiger partial charge in [-0.05, 0) is 6.42 Å². The molecule has 4 heteroatoms. The Hall–Kier alpha value is -0.220. The summed E-state index contributed by atoms with van der Waals surface area (Å²) >= 11 is 0. The number of hydrogen-bond acceptors (Lipinski definition) is 3. The third kappa shape index (κ3) is 2.17. The van der Waals surface area contributed by atoms with E-state index in [0.717, 1.165) is 43.9 Å². The van der Waals surface area contributed by atoms with Gasteiger partial charge in [-0.25, -0.2) is 0 Å². The monoisotopic (exact) mass is 201 g/mol. The van der Waals surface area contributed by atoms with Gasteiger partial charge < -0.3 is 0 Å². The zero-order chi connectivity index (χ0) is 9.26. The summed E-state index contributed by atoms with van der Waals surface area (Å²) in [5.41, 5.74) is 0. The van der Waals surface area contributed by atoms with E-state index in [0.29, 0.717) is 11.8 Å². The zero-order valence-electron chi connectivity index (χ0n) is 7.70. The van der Waals surface area contributed by atoms with Crippen LogP contribution in [0.1, 0.15) is 19.3 Å². The standard InChI is InChI=1S/C9H15NO2S/c11-9-2-1-8(7-9)10-3-5-13(12)6-4-10/h8H,1-7H2. The molecule has 1 saturated heterocycles. The van der Waals surface area contributed by atoms with E-state index in [1.54, 1.807) is 0 Å². The molecule has 74 valence electrons. The summed E-state index contributed by atoms with van der Waals surface area (Å²) in [5, 5.41) is 0. The molecule has 1 aliphatic heterocycles. The van der Waals surface area contributed by atoms with Crippen LogP contribution in [0.15, 0.2) is 0 Å². The van der Waals surface area contributed by atoms with E-state index < -0.39 is 10.8 Å². The third-order valence-corrected chi connectivity index (χ3v) is 4.22. The van der Waals surface area contributed by atoms with Gasteiger partial charge in [-0.1, -0.05) is 0 Å². The van der Waals surface area contributed by atoms with Crippen LogP contribution in [-0.2, 0) is 15.6 Å². The number of carbonyl (C=O) groups excluding carboxylic acids is 1. The maximum absolute atomic E-state index is 11.1. The summed E-state index contributed by atoms with van der Waals surface area (Å²) in [6, 6.07) is 0.463. The van der Waals surface area contributed by atoms with Gasteiger partial charge in [0.25, 0.3) is 0 Å². The molecule has 0 radical (unpaired) electrons. The van der Waals surface area contributed by atoms with Gasteiger partial charge in [0.1, 0.15) is 5.78 Å². The fourth-order valence-corrected chi connectivity index (χ4v) is 3.20. The minimum Gasteiger partial charge on any atom is -0.300 e. The molecule has 1 atom stereocenters. The van der Waals surface area contributed by atoms with Gasteiger partial charge in [0, 0.05) is 54.3 Å². The molecular weight excluding hydrogens is 186 g/mol. The highest BCUT2D eigenvalue weighted by molar-refractivity contribution is 7.85. The van der Waals surface area contributed by atoms with Crippen molar-refractivity contribution in [2.45, 2.75) is 25.3 Å². The molecule has 1 heterocycles. The molecule has 3 nitrogen and oxygen atoms in total. The van der Waals surface area contributed by atoms with Crippen LogP contribution >= 0.6 is 0 Å². The van der Waals surface area contributed by atoms with E-state index in [1.807, 2.05) is 0 Å². The van der Waals surface area contributed by atoms with Crippen molar-refractivity contribution >= 4 is 16.6 Å². The molecular formula is C9H15NO2S. The van der Waals surface area contributed by atoms with Crippen LogP contribution in [0.25, 0.3) is 0 Å². The maximum Gasteiger partial charge on any atom is 0.134 e. The summed E-state index contributed by atoms with van der Waals surface area (Å²) in [4.78, 5) is 13.4. The zero-order valence-corrected chi connectivity index (χ0v) is 8.52. The third-order valence-electron chi connectivity index (χ3n) is 2.95. The largest absolute Gasteiger partial charge is 0.300 e. The highest BCUT2D eigenvalue weighted by Gasteiger charge is 2.29. The predicted molar refractivity (Wildman–Crippen MR) is 52.1 cm³/mol. The van der Waals surface area contributed by atoms with E-state index in [1.165, 1.54) is 0 Å². The lowest BCUT2D eigenvalue weighted by Gasteiger charge is -2.31. The van der Waals surface area contributed by atoms with Crippen LogP contribution in [0.3, 0.4) is 0 Å². The lowest BCUT2D eigenvalue weighted by Crippen LogP contribution is -2.43. The second-order valence-corrected chi connectivity index (χ2v) is 5.52. The summed E-state index contributed by atoms with van der Waals surface area (Å²) < 4.78 is 11.1.